The van der Waals surface area contributed by atoms with Gasteiger partial charge < -0.3 is 14.3 Å². The van der Waals surface area contributed by atoms with Gasteiger partial charge in [-0.3, -0.25) is 4.79 Å². The number of nitrogens with zero attached hydrogens (tertiary/aromatic N) is 1. The van der Waals surface area contributed by atoms with E-state index >= 15 is 0 Å². The minimum absolute atomic E-state index is 0.0268. The lowest BCUT2D eigenvalue weighted by Crippen LogP contribution is -2.46. The molecule has 1 N–H and O–H groups in total. The first-order chi connectivity index (χ1) is 10.9. The van der Waals surface area contributed by atoms with E-state index in [4.69, 9.17) is 14.3 Å². The van der Waals surface area contributed by atoms with Crippen LogP contribution in [-0.2, 0) is 26.0 Å². The highest BCUT2D eigenvalue weighted by atomic mass is 32.2. The minimum atomic E-state index is -3.63. The molecule has 0 bridgehead atoms. The molecule has 0 radical (unpaired) electrons. The zero-order valence-electron chi connectivity index (χ0n) is 13.0. The van der Waals surface area contributed by atoms with Crippen LogP contribution in [0.3, 0.4) is 0 Å². The first-order valence-corrected chi connectivity index (χ1v) is 9.26. The molecule has 3 heterocycles. The number of aliphatic carboxylic acids is 1. The summed E-state index contributed by atoms with van der Waals surface area (Å²) in [5.74, 6) is -0.699. The molecule has 2 saturated heterocycles. The molecule has 2 aliphatic rings. The quantitative estimate of drug-likeness (QED) is 0.889. The Hall–Kier alpha value is -1.38. The van der Waals surface area contributed by atoms with Gasteiger partial charge in [0, 0.05) is 19.5 Å². The van der Waals surface area contributed by atoms with Gasteiger partial charge in [-0.25, -0.2) is 8.42 Å². The van der Waals surface area contributed by atoms with E-state index in [1.54, 1.807) is 6.07 Å². The zero-order valence-corrected chi connectivity index (χ0v) is 13.8. The second-order valence-electron chi connectivity index (χ2n) is 6.21. The van der Waals surface area contributed by atoms with E-state index in [2.05, 4.69) is 0 Å². The Morgan fingerprint density at radius 2 is 2.09 bits per heavy atom. The lowest BCUT2D eigenvalue weighted by Gasteiger charge is -2.37. The molecule has 0 aliphatic carbocycles. The molecule has 23 heavy (non-hydrogen) atoms. The number of hydrogen-bond acceptors (Lipinski definition) is 5. The van der Waals surface area contributed by atoms with Crippen LogP contribution < -0.4 is 0 Å². The number of ether oxygens (including phenoxy) is 1. The van der Waals surface area contributed by atoms with Crippen molar-refractivity contribution in [2.45, 2.75) is 43.3 Å². The number of sulfonamides is 1. The fourth-order valence-electron chi connectivity index (χ4n) is 3.30. The molecule has 128 valence electrons. The van der Waals surface area contributed by atoms with Crippen molar-refractivity contribution in [3.8, 4) is 0 Å². The second-order valence-corrected chi connectivity index (χ2v) is 8.08. The first-order valence-electron chi connectivity index (χ1n) is 7.82. The fraction of sp³-hybridized carbons (Fsp3) is 0.667. The summed E-state index contributed by atoms with van der Waals surface area (Å²) in [4.78, 5) is 11.1. The summed E-state index contributed by atoms with van der Waals surface area (Å²) in [6.45, 7) is 2.74. The molecule has 0 amide bonds. The summed E-state index contributed by atoms with van der Waals surface area (Å²) >= 11 is 0. The van der Waals surface area contributed by atoms with Crippen molar-refractivity contribution < 1.29 is 27.5 Å². The van der Waals surface area contributed by atoms with Gasteiger partial charge in [0.25, 0.3) is 10.0 Å². The lowest BCUT2D eigenvalue weighted by atomic mass is 9.86. The van der Waals surface area contributed by atoms with Crippen LogP contribution in [-0.4, -0.2) is 49.1 Å². The summed E-state index contributed by atoms with van der Waals surface area (Å²) < 4.78 is 37.7. The van der Waals surface area contributed by atoms with Gasteiger partial charge in [0.05, 0.1) is 18.1 Å². The van der Waals surface area contributed by atoms with E-state index in [-0.39, 0.29) is 11.7 Å². The molecule has 2 fully saturated rings. The number of rotatable bonds is 4. The summed E-state index contributed by atoms with van der Waals surface area (Å²) in [7, 11) is -3.63. The van der Waals surface area contributed by atoms with Crippen molar-refractivity contribution in [1.29, 1.82) is 0 Å². The average molecular weight is 343 g/mol. The molecule has 0 saturated carbocycles. The van der Waals surface area contributed by atoms with Gasteiger partial charge in [-0.05, 0) is 31.4 Å². The smallest absolute Gasteiger partial charge is 0.308 e. The zero-order chi connectivity index (χ0) is 16.7. The van der Waals surface area contributed by atoms with Gasteiger partial charge in [0.1, 0.15) is 5.76 Å². The summed E-state index contributed by atoms with van der Waals surface area (Å²) in [6, 6.07) is 3.17. The van der Waals surface area contributed by atoms with Crippen LogP contribution in [0.2, 0.25) is 0 Å². The summed E-state index contributed by atoms with van der Waals surface area (Å²) in [5.41, 5.74) is -0.493. The third kappa shape index (κ3) is 3.02. The maximum atomic E-state index is 12.6. The largest absolute Gasteiger partial charge is 0.481 e. The molecule has 3 rings (SSSR count). The SMILES string of the molecule is CCc1ccc(S(=O)(=O)N2CCC3(CC2)CC(C(=O)O)CO3)o1. The molecule has 2 aliphatic heterocycles. The predicted octanol–water partition coefficient (Wildman–Crippen LogP) is 1.49. The van der Waals surface area contributed by atoms with Crippen LogP contribution in [0.1, 0.15) is 31.9 Å². The van der Waals surface area contributed by atoms with Gasteiger partial charge in [0.2, 0.25) is 5.09 Å². The molecular formula is C15H21NO6S. The van der Waals surface area contributed by atoms with E-state index in [0.29, 0.717) is 44.5 Å². The second kappa shape index (κ2) is 5.92. The maximum absolute atomic E-state index is 12.6. The number of carboxylic acids is 1. The lowest BCUT2D eigenvalue weighted by molar-refractivity contribution is -0.141. The average Bonchev–Trinajstić information content (AvgIpc) is 3.15. The number of hydrogen-bond donors (Lipinski definition) is 1. The standard InChI is InChI=1S/C15H21NO6S/c1-2-12-3-4-13(22-12)23(19,20)16-7-5-15(6-8-16)9-11(10-21-15)14(17)18/h3-4,11H,2,5-10H2,1H3,(H,17,18). The van der Waals surface area contributed by atoms with Gasteiger partial charge in [-0.1, -0.05) is 6.92 Å². The highest BCUT2D eigenvalue weighted by Gasteiger charge is 2.47. The number of carboxylic acid groups (broad SMARTS) is 1. The molecule has 7 nitrogen and oxygen atoms in total. The van der Waals surface area contributed by atoms with Crippen LogP contribution in [0.15, 0.2) is 21.6 Å². The topological polar surface area (TPSA) is 97.1 Å². The van der Waals surface area contributed by atoms with Crippen molar-refractivity contribution in [3.63, 3.8) is 0 Å². The van der Waals surface area contributed by atoms with E-state index in [9.17, 15) is 13.2 Å². The molecular weight excluding hydrogens is 322 g/mol. The van der Waals surface area contributed by atoms with Gasteiger partial charge in [0.15, 0.2) is 0 Å². The van der Waals surface area contributed by atoms with Crippen LogP contribution >= 0.6 is 0 Å². The first kappa shape index (κ1) is 16.5. The monoisotopic (exact) mass is 343 g/mol. The molecule has 1 spiro atoms. The van der Waals surface area contributed by atoms with E-state index in [1.165, 1.54) is 10.4 Å². The third-order valence-corrected chi connectivity index (χ3v) is 6.54. The Morgan fingerprint density at radius 1 is 1.39 bits per heavy atom. The van der Waals surface area contributed by atoms with E-state index < -0.39 is 27.5 Å². The van der Waals surface area contributed by atoms with Crippen molar-refractivity contribution in [1.82, 2.24) is 4.31 Å². The van der Waals surface area contributed by atoms with E-state index in [1.807, 2.05) is 6.92 Å². The molecule has 1 aromatic heterocycles. The number of aryl methyl sites for hydroxylation is 1. The molecule has 0 aromatic carbocycles. The van der Waals surface area contributed by atoms with Gasteiger partial charge in [-0.15, -0.1) is 0 Å². The number of piperidine rings is 1. The summed E-state index contributed by atoms with van der Waals surface area (Å²) in [6.07, 6.45) is 2.12. The Kier molecular flexibility index (Phi) is 4.24. The van der Waals surface area contributed by atoms with Crippen molar-refractivity contribution in [2.24, 2.45) is 5.92 Å². The van der Waals surface area contributed by atoms with Crippen molar-refractivity contribution in [3.05, 3.63) is 17.9 Å². The Labute approximate surface area is 135 Å². The Morgan fingerprint density at radius 3 is 2.61 bits per heavy atom. The normalized spacial score (nSPS) is 25.0. The molecule has 8 heteroatoms. The predicted molar refractivity (Wildman–Crippen MR) is 80.5 cm³/mol. The van der Waals surface area contributed by atoms with Crippen LogP contribution in [0.4, 0.5) is 0 Å². The van der Waals surface area contributed by atoms with E-state index in [0.717, 1.165) is 0 Å². The maximum Gasteiger partial charge on any atom is 0.308 e. The highest BCUT2D eigenvalue weighted by molar-refractivity contribution is 7.89. The third-order valence-electron chi connectivity index (χ3n) is 4.77. The van der Waals surface area contributed by atoms with Crippen LogP contribution in [0.5, 0.6) is 0 Å². The minimum Gasteiger partial charge on any atom is -0.481 e. The number of carbonyl (C=O) groups is 1. The fourth-order valence-corrected chi connectivity index (χ4v) is 4.67. The van der Waals surface area contributed by atoms with Gasteiger partial charge >= 0.3 is 5.97 Å². The Bertz CT molecular complexity index is 687. The molecule has 1 aromatic rings. The number of furan rings is 1. The summed E-state index contributed by atoms with van der Waals surface area (Å²) in [5, 5.41) is 9.06. The van der Waals surface area contributed by atoms with Crippen molar-refractivity contribution in [2.75, 3.05) is 19.7 Å². The van der Waals surface area contributed by atoms with Crippen molar-refractivity contribution >= 4 is 16.0 Å². The van der Waals surface area contributed by atoms with Gasteiger partial charge in [-0.2, -0.15) is 4.31 Å². The highest BCUT2D eigenvalue weighted by Crippen LogP contribution is 2.39. The molecule has 1 unspecified atom stereocenters. The van der Waals surface area contributed by atoms with Crippen LogP contribution in [0, 0.1) is 5.92 Å². The Balaban J connectivity index is 1.68. The van der Waals surface area contributed by atoms with Crippen LogP contribution in [0.25, 0.3) is 0 Å². The molecule has 1 atom stereocenters.